The third-order valence-corrected chi connectivity index (χ3v) is 8.12. The highest BCUT2D eigenvalue weighted by Gasteiger charge is 2.20. The lowest BCUT2D eigenvalue weighted by molar-refractivity contribution is 0.668. The number of nitrogens with zero attached hydrogens (tertiary/aromatic N) is 2. The lowest BCUT2D eigenvalue weighted by atomic mass is 9.99. The van der Waals surface area contributed by atoms with E-state index in [2.05, 4.69) is 138 Å². The van der Waals surface area contributed by atoms with Crippen LogP contribution in [0.2, 0.25) is 0 Å². The molecule has 0 N–H and O–H groups in total. The summed E-state index contributed by atoms with van der Waals surface area (Å²) in [5.74, 6) is 0.826. The van der Waals surface area contributed by atoms with Crippen molar-refractivity contribution in [1.29, 1.82) is 0 Å². The van der Waals surface area contributed by atoms with Crippen LogP contribution in [-0.4, -0.2) is 4.98 Å². The van der Waals surface area contributed by atoms with Crippen molar-refractivity contribution in [3.63, 3.8) is 0 Å². The summed E-state index contributed by atoms with van der Waals surface area (Å²) in [6, 6.07) is 59.2. The zero-order valence-electron chi connectivity index (χ0n) is 24.0. The fraction of sp³-hybridized carbons (Fsp3) is 0. The van der Waals surface area contributed by atoms with E-state index in [0.717, 1.165) is 56.0 Å². The van der Waals surface area contributed by atoms with E-state index in [1.165, 1.54) is 16.7 Å². The first-order chi connectivity index (χ1) is 21.8. The number of pyridine rings is 1. The SMILES string of the molecule is c1ccc(-c2ccc(-c3ccc(N(c4ccc5oc6ccccc6c5n4)c4ccccc4-c4ccccc4)cc3)cc2)cc1. The molecule has 0 aliphatic rings. The molecule has 0 atom stereocenters. The number of furan rings is 1. The van der Waals surface area contributed by atoms with Crippen LogP contribution in [0.1, 0.15) is 0 Å². The van der Waals surface area contributed by atoms with Gasteiger partial charge in [-0.25, -0.2) is 4.98 Å². The van der Waals surface area contributed by atoms with Crippen LogP contribution in [0.5, 0.6) is 0 Å². The Morgan fingerprint density at radius 2 is 0.955 bits per heavy atom. The summed E-state index contributed by atoms with van der Waals surface area (Å²) < 4.78 is 6.11. The number of benzene rings is 6. The van der Waals surface area contributed by atoms with Gasteiger partial charge >= 0.3 is 0 Å². The van der Waals surface area contributed by atoms with Crippen molar-refractivity contribution in [3.05, 3.63) is 170 Å². The third kappa shape index (κ3) is 4.71. The van der Waals surface area contributed by atoms with Crippen LogP contribution in [0, 0.1) is 0 Å². The summed E-state index contributed by atoms with van der Waals surface area (Å²) in [6.07, 6.45) is 0. The average Bonchev–Trinajstić information content (AvgIpc) is 3.48. The van der Waals surface area contributed by atoms with Gasteiger partial charge in [0.2, 0.25) is 0 Å². The maximum atomic E-state index is 6.11. The number of rotatable bonds is 6. The lowest BCUT2D eigenvalue weighted by Gasteiger charge is -2.27. The molecule has 2 aromatic heterocycles. The second kappa shape index (κ2) is 11.0. The molecule has 208 valence electrons. The molecule has 8 aromatic rings. The molecule has 8 rings (SSSR count). The number of hydrogen-bond donors (Lipinski definition) is 0. The molecule has 0 saturated carbocycles. The molecule has 0 bridgehead atoms. The van der Waals surface area contributed by atoms with Crippen LogP contribution >= 0.6 is 0 Å². The molecule has 0 saturated heterocycles. The zero-order valence-corrected chi connectivity index (χ0v) is 24.0. The summed E-state index contributed by atoms with van der Waals surface area (Å²) in [6.45, 7) is 0. The van der Waals surface area contributed by atoms with Gasteiger partial charge in [-0.1, -0.05) is 127 Å². The van der Waals surface area contributed by atoms with Crippen LogP contribution in [0.15, 0.2) is 174 Å². The fourth-order valence-corrected chi connectivity index (χ4v) is 5.92. The van der Waals surface area contributed by atoms with Crippen molar-refractivity contribution in [2.45, 2.75) is 0 Å². The highest BCUT2D eigenvalue weighted by atomic mass is 16.3. The van der Waals surface area contributed by atoms with E-state index in [1.54, 1.807) is 0 Å². The maximum Gasteiger partial charge on any atom is 0.154 e. The molecular formula is C41H28N2O. The Morgan fingerprint density at radius 1 is 0.409 bits per heavy atom. The largest absolute Gasteiger partial charge is 0.454 e. The standard InChI is InChI=1S/C41H28N2O/c1-3-11-29(12-4-1)30-19-21-31(22-20-30)32-23-25-34(26-24-32)43(37-17-9-7-15-35(37)33-13-5-2-6-14-33)40-28-27-39-41(42-40)36-16-8-10-18-38(36)44-39/h1-28H. The minimum absolute atomic E-state index is 0.778. The lowest BCUT2D eigenvalue weighted by Crippen LogP contribution is -2.12. The van der Waals surface area contributed by atoms with Crippen molar-refractivity contribution in [3.8, 4) is 33.4 Å². The predicted molar refractivity (Wildman–Crippen MR) is 183 cm³/mol. The molecule has 3 nitrogen and oxygen atoms in total. The van der Waals surface area contributed by atoms with Gasteiger partial charge in [0.15, 0.2) is 5.58 Å². The van der Waals surface area contributed by atoms with Gasteiger partial charge in [0.05, 0.1) is 5.69 Å². The summed E-state index contributed by atoms with van der Waals surface area (Å²) in [7, 11) is 0. The highest BCUT2D eigenvalue weighted by molar-refractivity contribution is 6.03. The number of para-hydroxylation sites is 2. The van der Waals surface area contributed by atoms with Crippen molar-refractivity contribution >= 4 is 39.3 Å². The molecule has 6 aromatic carbocycles. The van der Waals surface area contributed by atoms with E-state index in [-0.39, 0.29) is 0 Å². The molecule has 0 spiro atoms. The van der Waals surface area contributed by atoms with Crippen LogP contribution < -0.4 is 4.90 Å². The Hall–Kier alpha value is -5.93. The average molecular weight is 565 g/mol. The smallest absolute Gasteiger partial charge is 0.154 e. The Labute approximate surface area is 256 Å². The van der Waals surface area contributed by atoms with E-state index < -0.39 is 0 Å². The van der Waals surface area contributed by atoms with E-state index in [1.807, 2.05) is 36.4 Å². The van der Waals surface area contributed by atoms with Gasteiger partial charge in [0.1, 0.15) is 16.9 Å². The topological polar surface area (TPSA) is 29.3 Å². The summed E-state index contributed by atoms with van der Waals surface area (Å²) in [5, 5.41) is 1.01. The summed E-state index contributed by atoms with van der Waals surface area (Å²) in [4.78, 5) is 7.44. The quantitative estimate of drug-likeness (QED) is 0.201. The molecule has 0 aliphatic carbocycles. The monoisotopic (exact) mass is 564 g/mol. The van der Waals surface area contributed by atoms with Crippen molar-refractivity contribution in [1.82, 2.24) is 4.98 Å². The van der Waals surface area contributed by atoms with Gasteiger partial charge in [0.25, 0.3) is 0 Å². The van der Waals surface area contributed by atoms with Crippen molar-refractivity contribution < 1.29 is 4.42 Å². The van der Waals surface area contributed by atoms with Gasteiger partial charge in [0, 0.05) is 16.6 Å². The summed E-state index contributed by atoms with van der Waals surface area (Å²) in [5.41, 5.74) is 11.6. The Bertz CT molecular complexity index is 2200. The van der Waals surface area contributed by atoms with Crippen LogP contribution in [0.4, 0.5) is 17.2 Å². The number of aromatic nitrogens is 1. The highest BCUT2D eigenvalue weighted by Crippen LogP contribution is 2.41. The molecule has 44 heavy (non-hydrogen) atoms. The first kappa shape index (κ1) is 25.8. The summed E-state index contributed by atoms with van der Waals surface area (Å²) >= 11 is 0. The number of anilines is 3. The van der Waals surface area contributed by atoms with Crippen LogP contribution in [-0.2, 0) is 0 Å². The van der Waals surface area contributed by atoms with Gasteiger partial charge in [-0.2, -0.15) is 0 Å². The molecule has 3 heteroatoms. The molecular weight excluding hydrogens is 536 g/mol. The van der Waals surface area contributed by atoms with Crippen LogP contribution in [0.25, 0.3) is 55.4 Å². The Morgan fingerprint density at radius 3 is 1.66 bits per heavy atom. The maximum absolute atomic E-state index is 6.11. The van der Waals surface area contributed by atoms with Crippen LogP contribution in [0.3, 0.4) is 0 Å². The first-order valence-electron chi connectivity index (χ1n) is 14.8. The number of hydrogen-bond acceptors (Lipinski definition) is 3. The van der Waals surface area contributed by atoms with Crippen molar-refractivity contribution in [2.24, 2.45) is 0 Å². The first-order valence-corrected chi connectivity index (χ1v) is 14.8. The Kier molecular flexibility index (Phi) is 6.47. The minimum Gasteiger partial charge on any atom is -0.454 e. The third-order valence-electron chi connectivity index (χ3n) is 8.12. The van der Waals surface area contributed by atoms with Gasteiger partial charge in [-0.15, -0.1) is 0 Å². The van der Waals surface area contributed by atoms with Gasteiger partial charge in [-0.3, -0.25) is 4.90 Å². The van der Waals surface area contributed by atoms with Gasteiger partial charge < -0.3 is 4.42 Å². The predicted octanol–water partition coefficient (Wildman–Crippen LogP) is 11.5. The van der Waals surface area contributed by atoms with Crippen molar-refractivity contribution in [2.75, 3.05) is 4.90 Å². The molecule has 2 heterocycles. The molecule has 0 fully saturated rings. The molecule has 0 aliphatic heterocycles. The second-order valence-corrected chi connectivity index (χ2v) is 10.8. The van der Waals surface area contributed by atoms with E-state index >= 15 is 0 Å². The molecule has 0 amide bonds. The normalized spacial score (nSPS) is 11.2. The van der Waals surface area contributed by atoms with E-state index in [4.69, 9.17) is 9.40 Å². The molecule has 0 unspecified atom stereocenters. The minimum atomic E-state index is 0.778. The number of fused-ring (bicyclic) bond motifs is 3. The van der Waals surface area contributed by atoms with E-state index in [9.17, 15) is 0 Å². The fourth-order valence-electron chi connectivity index (χ4n) is 5.92. The van der Waals surface area contributed by atoms with E-state index in [0.29, 0.717) is 0 Å². The Balaban J connectivity index is 1.24. The zero-order chi connectivity index (χ0) is 29.3. The molecule has 0 radical (unpaired) electrons. The second-order valence-electron chi connectivity index (χ2n) is 10.8. The van der Waals surface area contributed by atoms with Gasteiger partial charge in [-0.05, 0) is 70.3 Å².